The van der Waals surface area contributed by atoms with Crippen molar-refractivity contribution < 1.29 is 51.3 Å². The third-order valence-corrected chi connectivity index (χ3v) is 9.44. The molecule has 264 valence electrons. The maximum atomic E-state index is 14.5. The molecule has 6 rings (SSSR count). The lowest BCUT2D eigenvalue weighted by molar-refractivity contribution is -0.128. The van der Waals surface area contributed by atoms with E-state index in [1.807, 2.05) is 0 Å². The van der Waals surface area contributed by atoms with Gasteiger partial charge in [0.2, 0.25) is 5.82 Å². The molecule has 2 atom stereocenters. The second-order valence-corrected chi connectivity index (χ2v) is 12.7. The van der Waals surface area contributed by atoms with Crippen LogP contribution in [0.1, 0.15) is 42.4 Å². The zero-order valence-electron chi connectivity index (χ0n) is 26.8. The van der Waals surface area contributed by atoms with Crippen LogP contribution in [0.25, 0.3) is 5.57 Å². The standard InChI is InChI=1S/C36H34F5N3O6/c37-26-5-1-4-22(31(26)40)14-15-43(23-10-11-23)34(45)30-25(17-24-18-42(35(46)47)19-29(30)44(24)36(48)49)21-8-6-20(7-9-21)3-2-16-50-33-28(39)13-12-27(38)32(33)41/h1,4-9,12-13,23-24,29H,2-3,10-11,14-19H2,(H,46,47)(H,48,49). The first kappa shape index (κ1) is 34.7. The first-order chi connectivity index (χ1) is 23.9. The van der Waals surface area contributed by atoms with Gasteiger partial charge < -0.3 is 24.7 Å². The average molecular weight is 700 g/mol. The molecule has 2 bridgehead atoms. The number of hydrogen-bond acceptors (Lipinski definition) is 4. The van der Waals surface area contributed by atoms with E-state index in [4.69, 9.17) is 4.74 Å². The van der Waals surface area contributed by atoms with Crippen LogP contribution in [-0.4, -0.2) is 87.4 Å². The van der Waals surface area contributed by atoms with Gasteiger partial charge in [-0.2, -0.15) is 4.39 Å². The lowest BCUT2D eigenvalue weighted by atomic mass is 9.81. The molecule has 50 heavy (non-hydrogen) atoms. The number of carboxylic acid groups (broad SMARTS) is 2. The highest BCUT2D eigenvalue weighted by molar-refractivity contribution is 6.04. The molecular weight excluding hydrogens is 665 g/mol. The van der Waals surface area contributed by atoms with Gasteiger partial charge in [0.1, 0.15) is 0 Å². The van der Waals surface area contributed by atoms with Crippen LogP contribution < -0.4 is 4.74 Å². The predicted octanol–water partition coefficient (Wildman–Crippen LogP) is 6.50. The van der Waals surface area contributed by atoms with Gasteiger partial charge >= 0.3 is 12.2 Å². The maximum Gasteiger partial charge on any atom is 0.408 e. The number of aryl methyl sites for hydroxylation is 1. The molecule has 0 spiro atoms. The first-order valence-electron chi connectivity index (χ1n) is 16.3. The van der Waals surface area contributed by atoms with Gasteiger partial charge in [0.25, 0.3) is 5.91 Å². The lowest BCUT2D eigenvalue weighted by Crippen LogP contribution is -2.65. The molecule has 2 N–H and O–H groups in total. The van der Waals surface area contributed by atoms with E-state index in [9.17, 15) is 46.5 Å². The normalized spacial score (nSPS) is 18.7. The zero-order chi connectivity index (χ0) is 35.7. The van der Waals surface area contributed by atoms with Crippen LogP contribution in [0.5, 0.6) is 5.75 Å². The predicted molar refractivity (Wildman–Crippen MR) is 170 cm³/mol. The third kappa shape index (κ3) is 7.10. The number of piperazine rings is 1. The molecule has 2 aliphatic heterocycles. The van der Waals surface area contributed by atoms with E-state index in [-0.39, 0.29) is 56.3 Å². The molecular formula is C36H34F5N3O6. The van der Waals surface area contributed by atoms with Gasteiger partial charge in [-0.15, -0.1) is 0 Å². The Kier molecular flexibility index (Phi) is 9.98. The van der Waals surface area contributed by atoms with Gasteiger partial charge in [-0.25, -0.2) is 27.2 Å². The molecule has 0 radical (unpaired) electrons. The summed E-state index contributed by atoms with van der Waals surface area (Å²) in [5, 5.41) is 20.0. The molecule has 2 heterocycles. The molecule has 1 saturated heterocycles. The van der Waals surface area contributed by atoms with Crippen LogP contribution >= 0.6 is 0 Å². The minimum absolute atomic E-state index is 0.0164. The number of nitrogens with zero attached hydrogens (tertiary/aromatic N) is 3. The summed E-state index contributed by atoms with van der Waals surface area (Å²) in [5.74, 6) is -6.92. The zero-order valence-corrected chi connectivity index (χ0v) is 26.8. The number of hydrogen-bond donors (Lipinski definition) is 2. The van der Waals surface area contributed by atoms with Gasteiger partial charge in [-0.3, -0.25) is 9.69 Å². The Bertz CT molecular complexity index is 1830. The smallest absolute Gasteiger partial charge is 0.408 e. The third-order valence-electron chi connectivity index (χ3n) is 9.44. The van der Waals surface area contributed by atoms with Gasteiger partial charge in [-0.1, -0.05) is 36.4 Å². The van der Waals surface area contributed by atoms with Crippen molar-refractivity contribution >= 4 is 23.7 Å². The highest BCUT2D eigenvalue weighted by atomic mass is 19.2. The van der Waals surface area contributed by atoms with Crippen LogP contribution in [0.2, 0.25) is 0 Å². The Labute approximate surface area is 284 Å². The summed E-state index contributed by atoms with van der Waals surface area (Å²) in [5.41, 5.74) is 2.26. The van der Waals surface area contributed by atoms with E-state index < -0.39 is 65.0 Å². The molecule has 3 aliphatic rings. The van der Waals surface area contributed by atoms with Crippen LogP contribution in [0.3, 0.4) is 0 Å². The van der Waals surface area contributed by atoms with Gasteiger partial charge in [0, 0.05) is 31.2 Å². The van der Waals surface area contributed by atoms with Crippen LogP contribution in [-0.2, 0) is 17.6 Å². The molecule has 3 aromatic rings. The number of rotatable bonds is 11. The van der Waals surface area contributed by atoms with E-state index in [0.29, 0.717) is 42.9 Å². The number of amides is 3. The maximum absolute atomic E-state index is 14.5. The Morgan fingerprint density at radius 2 is 1.52 bits per heavy atom. The summed E-state index contributed by atoms with van der Waals surface area (Å²) in [7, 11) is 0. The quantitative estimate of drug-likeness (QED) is 0.135. The number of carbonyl (C=O) groups excluding carboxylic acids is 1. The second-order valence-electron chi connectivity index (χ2n) is 12.7. The van der Waals surface area contributed by atoms with Crippen LogP contribution in [0.4, 0.5) is 31.5 Å². The molecule has 1 aliphatic carbocycles. The first-order valence-corrected chi connectivity index (χ1v) is 16.3. The second kappa shape index (κ2) is 14.4. The molecule has 2 fully saturated rings. The van der Waals surface area contributed by atoms with E-state index in [1.54, 1.807) is 29.2 Å². The summed E-state index contributed by atoms with van der Waals surface area (Å²) < 4.78 is 74.9. The Hall–Kier alpha value is -5.14. The van der Waals surface area contributed by atoms with E-state index >= 15 is 0 Å². The van der Waals surface area contributed by atoms with Crippen molar-refractivity contribution in [3.63, 3.8) is 0 Å². The molecule has 14 heteroatoms. The fourth-order valence-electron chi connectivity index (χ4n) is 6.84. The molecule has 0 aromatic heterocycles. The Balaban J connectivity index is 1.27. The van der Waals surface area contributed by atoms with Gasteiger partial charge in [0.15, 0.2) is 29.0 Å². The molecule has 2 unspecified atom stereocenters. The lowest BCUT2D eigenvalue weighted by Gasteiger charge is -2.49. The average Bonchev–Trinajstić information content (AvgIpc) is 3.93. The highest BCUT2D eigenvalue weighted by Crippen LogP contribution is 2.41. The van der Waals surface area contributed by atoms with Crippen molar-refractivity contribution in [1.29, 1.82) is 0 Å². The van der Waals surface area contributed by atoms with Gasteiger partial charge in [0.05, 0.1) is 18.7 Å². The Morgan fingerprint density at radius 3 is 2.20 bits per heavy atom. The van der Waals surface area contributed by atoms with Crippen molar-refractivity contribution in [3.05, 3.63) is 106 Å². The van der Waals surface area contributed by atoms with E-state index in [0.717, 1.165) is 27.5 Å². The van der Waals surface area contributed by atoms with Crippen molar-refractivity contribution in [2.75, 3.05) is 26.2 Å². The minimum Gasteiger partial charge on any atom is -0.488 e. The number of fused-ring (bicyclic) bond motifs is 2. The number of carbonyl (C=O) groups is 3. The number of benzene rings is 3. The van der Waals surface area contributed by atoms with E-state index in [1.165, 1.54) is 12.1 Å². The SMILES string of the molecule is O=C(O)N1CC2CC(c3ccc(CCCOc4c(F)ccc(F)c4F)cc3)=C(C(=O)N(CCc3cccc(F)c3F)C3CC3)C(C1)N2C(=O)O. The highest BCUT2D eigenvalue weighted by Gasteiger charge is 2.49. The Morgan fingerprint density at radius 1 is 0.820 bits per heavy atom. The molecule has 1 saturated carbocycles. The summed E-state index contributed by atoms with van der Waals surface area (Å²) in [6.45, 7) is -0.395. The van der Waals surface area contributed by atoms with Gasteiger partial charge in [-0.05, 0) is 79.0 Å². The summed E-state index contributed by atoms with van der Waals surface area (Å²) in [6, 6.07) is 10.4. The molecule has 3 aromatic carbocycles. The fraction of sp³-hybridized carbons (Fsp3) is 0.361. The summed E-state index contributed by atoms with van der Waals surface area (Å²) in [6.07, 6.45) is -0.331. The monoisotopic (exact) mass is 699 g/mol. The number of halogens is 5. The largest absolute Gasteiger partial charge is 0.488 e. The van der Waals surface area contributed by atoms with Crippen molar-refractivity contribution in [1.82, 2.24) is 14.7 Å². The van der Waals surface area contributed by atoms with Crippen LogP contribution in [0.15, 0.2) is 60.2 Å². The van der Waals surface area contributed by atoms with Crippen molar-refractivity contribution in [3.8, 4) is 5.75 Å². The number of ether oxygens (including phenoxy) is 1. The summed E-state index contributed by atoms with van der Waals surface area (Å²) in [4.78, 5) is 42.9. The molecule has 9 nitrogen and oxygen atoms in total. The summed E-state index contributed by atoms with van der Waals surface area (Å²) >= 11 is 0. The fourth-order valence-corrected chi connectivity index (χ4v) is 6.84. The topological polar surface area (TPSA) is 111 Å². The minimum atomic E-state index is -1.40. The van der Waals surface area contributed by atoms with Crippen molar-refractivity contribution in [2.24, 2.45) is 0 Å². The van der Waals surface area contributed by atoms with Crippen molar-refractivity contribution in [2.45, 2.75) is 56.7 Å². The van der Waals surface area contributed by atoms with Crippen LogP contribution in [0, 0.1) is 29.1 Å². The van der Waals surface area contributed by atoms with E-state index in [2.05, 4.69) is 0 Å². The molecule has 3 amide bonds.